The third-order valence-electron chi connectivity index (χ3n) is 9.49. The number of nitrogens with zero attached hydrogens (tertiary/aromatic N) is 3. The summed E-state index contributed by atoms with van der Waals surface area (Å²) in [5.74, 6) is -3.24. The molecule has 1 aliphatic carbocycles. The van der Waals surface area contributed by atoms with Gasteiger partial charge in [0, 0.05) is 38.5 Å². The van der Waals surface area contributed by atoms with Crippen LogP contribution < -0.4 is 15.4 Å². The standard InChI is InChI=1S/C34H47FN6O9S/c1-33(2,3)50-31(45)36-26-15-10-8-6-7-9-13-22-17-34(22,30(44)38-51(47,48)39(4)5)37-28(42)27-16-23(19-41(27)29(26)43)49-32(46)40-18-21-12-11-14-25(35)24(21)20-40/h9,11-14,22-23,26-27H,6-8,10,15-20H2,1-5H3,(H,36,45)(H,37,42)(H,38,44)/t22-,23-,26+,27?,34-/m1/s1. The topological polar surface area (TPSA) is 184 Å². The number of hydrogen-bond donors (Lipinski definition) is 3. The largest absolute Gasteiger partial charge is 0.444 e. The molecule has 17 heteroatoms. The van der Waals surface area contributed by atoms with Crippen molar-refractivity contribution in [1.29, 1.82) is 0 Å². The number of alkyl carbamates (subject to hydrolysis) is 1. The fraction of sp³-hybridized carbons (Fsp3) is 0.618. The van der Waals surface area contributed by atoms with Gasteiger partial charge in [-0.15, -0.1) is 0 Å². The molecule has 51 heavy (non-hydrogen) atoms. The minimum Gasteiger partial charge on any atom is -0.444 e. The van der Waals surface area contributed by atoms with Crippen molar-refractivity contribution in [2.24, 2.45) is 5.92 Å². The van der Waals surface area contributed by atoms with Crippen molar-refractivity contribution >= 4 is 40.1 Å². The van der Waals surface area contributed by atoms with Crippen molar-refractivity contribution in [3.63, 3.8) is 0 Å². The molecule has 3 aliphatic heterocycles. The van der Waals surface area contributed by atoms with E-state index in [1.165, 1.54) is 30.0 Å². The van der Waals surface area contributed by atoms with Gasteiger partial charge in [0.1, 0.15) is 35.1 Å². The fourth-order valence-electron chi connectivity index (χ4n) is 6.64. The van der Waals surface area contributed by atoms with E-state index in [4.69, 9.17) is 9.47 Å². The monoisotopic (exact) mass is 734 g/mol. The van der Waals surface area contributed by atoms with Crippen LogP contribution in [0.25, 0.3) is 0 Å². The van der Waals surface area contributed by atoms with Crippen LogP contribution in [0.5, 0.6) is 0 Å². The number of carbonyl (C=O) groups excluding carboxylic acids is 5. The van der Waals surface area contributed by atoms with E-state index in [2.05, 4.69) is 10.6 Å². The van der Waals surface area contributed by atoms with Crippen LogP contribution in [0.2, 0.25) is 0 Å². The Labute approximate surface area is 297 Å². The zero-order valence-electron chi connectivity index (χ0n) is 29.6. The molecule has 3 heterocycles. The number of nitrogens with one attached hydrogen (secondary N) is 3. The smallest absolute Gasteiger partial charge is 0.410 e. The highest BCUT2D eigenvalue weighted by atomic mass is 32.2. The number of fused-ring (bicyclic) bond motifs is 3. The van der Waals surface area contributed by atoms with Crippen molar-refractivity contribution in [1.82, 2.24) is 29.5 Å². The van der Waals surface area contributed by atoms with Crippen LogP contribution in [0.1, 0.15) is 76.8 Å². The molecule has 1 aromatic carbocycles. The Morgan fingerprint density at radius 1 is 1.10 bits per heavy atom. The predicted molar refractivity (Wildman–Crippen MR) is 181 cm³/mol. The molecule has 280 valence electrons. The number of ether oxygens (including phenoxy) is 2. The zero-order valence-corrected chi connectivity index (χ0v) is 30.4. The van der Waals surface area contributed by atoms with Crippen LogP contribution in [0.3, 0.4) is 0 Å². The van der Waals surface area contributed by atoms with Gasteiger partial charge < -0.3 is 25.0 Å². The fourth-order valence-corrected chi connectivity index (χ4v) is 7.24. The van der Waals surface area contributed by atoms with Gasteiger partial charge in [-0.1, -0.05) is 37.1 Å². The lowest BCUT2D eigenvalue weighted by molar-refractivity contribution is -0.141. The minimum absolute atomic E-state index is 0.00953. The van der Waals surface area contributed by atoms with Crippen molar-refractivity contribution in [3.05, 3.63) is 47.3 Å². The summed E-state index contributed by atoms with van der Waals surface area (Å²) >= 11 is 0. The normalized spacial score (nSPS) is 27.0. The van der Waals surface area contributed by atoms with Gasteiger partial charge in [0.25, 0.3) is 5.91 Å². The molecule has 0 aromatic heterocycles. The third-order valence-corrected chi connectivity index (χ3v) is 10.9. The summed E-state index contributed by atoms with van der Waals surface area (Å²) in [4.78, 5) is 70.6. The van der Waals surface area contributed by atoms with Crippen LogP contribution in [0.4, 0.5) is 14.0 Å². The second-order valence-corrected chi connectivity index (χ2v) is 16.6. The number of rotatable bonds is 5. The molecule has 0 bridgehead atoms. The van der Waals surface area contributed by atoms with Crippen molar-refractivity contribution in [2.45, 2.75) is 108 Å². The van der Waals surface area contributed by atoms with E-state index in [1.807, 2.05) is 10.8 Å². The molecule has 0 spiro atoms. The Hall–Kier alpha value is -4.25. The molecule has 1 saturated carbocycles. The number of benzene rings is 1. The molecule has 1 unspecified atom stereocenters. The first kappa shape index (κ1) is 38.0. The van der Waals surface area contributed by atoms with Gasteiger partial charge >= 0.3 is 22.4 Å². The maximum Gasteiger partial charge on any atom is 0.410 e. The first-order chi connectivity index (χ1) is 23.9. The van der Waals surface area contributed by atoms with Gasteiger partial charge in [0.15, 0.2) is 0 Å². The third kappa shape index (κ3) is 8.80. The van der Waals surface area contributed by atoms with E-state index in [9.17, 15) is 36.8 Å². The lowest BCUT2D eigenvalue weighted by Gasteiger charge is -2.30. The number of hydrogen-bond acceptors (Lipinski definition) is 9. The maximum atomic E-state index is 14.4. The molecule has 1 saturated heterocycles. The number of carbonyl (C=O) groups is 5. The van der Waals surface area contributed by atoms with Crippen LogP contribution in [0, 0.1) is 11.7 Å². The molecule has 4 aliphatic rings. The average Bonchev–Trinajstić information content (AvgIpc) is 3.33. The maximum absolute atomic E-state index is 14.4. The highest BCUT2D eigenvalue weighted by molar-refractivity contribution is 7.87. The molecule has 15 nitrogen and oxygen atoms in total. The van der Waals surface area contributed by atoms with Gasteiger partial charge in [-0.3, -0.25) is 19.3 Å². The van der Waals surface area contributed by atoms with Crippen LogP contribution in [-0.2, 0) is 47.2 Å². The van der Waals surface area contributed by atoms with E-state index in [1.54, 1.807) is 39.0 Å². The quantitative estimate of drug-likeness (QED) is 0.383. The second kappa shape index (κ2) is 14.8. The Morgan fingerprint density at radius 2 is 1.84 bits per heavy atom. The van der Waals surface area contributed by atoms with E-state index in [-0.39, 0.29) is 38.9 Å². The molecule has 5 rings (SSSR count). The second-order valence-electron chi connectivity index (χ2n) is 14.7. The van der Waals surface area contributed by atoms with Crippen LogP contribution in [0.15, 0.2) is 30.4 Å². The van der Waals surface area contributed by atoms with E-state index in [0.717, 1.165) is 10.7 Å². The molecule has 5 amide bonds. The first-order valence-electron chi connectivity index (χ1n) is 17.2. The van der Waals surface area contributed by atoms with Crippen molar-refractivity contribution in [3.8, 4) is 0 Å². The van der Waals surface area contributed by atoms with Crippen LogP contribution >= 0.6 is 0 Å². The van der Waals surface area contributed by atoms with Crippen LogP contribution in [-0.4, -0.2) is 102 Å². The summed E-state index contributed by atoms with van der Waals surface area (Å²) in [5, 5.41) is 5.40. The summed E-state index contributed by atoms with van der Waals surface area (Å²) < 4.78 is 53.7. The highest BCUT2D eigenvalue weighted by Crippen LogP contribution is 2.46. The Kier molecular flexibility index (Phi) is 11.0. The lowest BCUT2D eigenvalue weighted by Crippen LogP contribution is -2.58. The Balaban J connectivity index is 1.41. The van der Waals surface area contributed by atoms with Gasteiger partial charge in [-0.2, -0.15) is 12.7 Å². The average molecular weight is 735 g/mol. The van der Waals surface area contributed by atoms with Crippen molar-refractivity contribution < 1.29 is 46.3 Å². The predicted octanol–water partition coefficient (Wildman–Crippen LogP) is 2.46. The SMILES string of the molecule is CN(C)S(=O)(=O)NC(=O)[C@@]12C[C@H]1C=CCCCCC[C@H](NC(=O)OC(C)(C)C)C(=O)N1C[C@H](OC(=O)N3Cc4cccc(F)c4C3)CC1C(=O)N2. The molecular formula is C34H47FN6O9S. The van der Waals surface area contributed by atoms with E-state index >= 15 is 0 Å². The number of halogens is 1. The Morgan fingerprint density at radius 3 is 2.53 bits per heavy atom. The minimum atomic E-state index is -4.20. The zero-order chi connectivity index (χ0) is 37.3. The molecule has 2 fully saturated rings. The van der Waals surface area contributed by atoms with Gasteiger partial charge in [-0.05, 0) is 58.1 Å². The molecule has 1 aromatic rings. The molecule has 5 atom stereocenters. The number of allylic oxidation sites excluding steroid dienone is 1. The van der Waals surface area contributed by atoms with Gasteiger partial charge in [0.2, 0.25) is 11.8 Å². The molecule has 0 radical (unpaired) electrons. The van der Waals surface area contributed by atoms with E-state index < -0.39 is 81.2 Å². The lowest BCUT2D eigenvalue weighted by atomic mass is 10.0. The van der Waals surface area contributed by atoms with Gasteiger partial charge in [0.05, 0.1) is 13.1 Å². The van der Waals surface area contributed by atoms with E-state index in [0.29, 0.717) is 30.4 Å². The summed E-state index contributed by atoms with van der Waals surface area (Å²) in [5.41, 5.74) is -1.43. The molecule has 3 N–H and O–H groups in total. The van der Waals surface area contributed by atoms with Gasteiger partial charge in [-0.25, -0.2) is 18.7 Å². The summed E-state index contributed by atoms with van der Waals surface area (Å²) in [6.07, 6.45) is 4.00. The summed E-state index contributed by atoms with van der Waals surface area (Å²) in [6.45, 7) is 4.97. The Bertz CT molecular complexity index is 1700. The number of amides is 5. The summed E-state index contributed by atoms with van der Waals surface area (Å²) in [6, 6.07) is 2.25. The molecular weight excluding hydrogens is 687 g/mol. The van der Waals surface area contributed by atoms with Crippen molar-refractivity contribution in [2.75, 3.05) is 20.6 Å². The highest BCUT2D eigenvalue weighted by Gasteiger charge is 2.62. The first-order valence-corrected chi connectivity index (χ1v) is 18.6. The summed E-state index contributed by atoms with van der Waals surface area (Å²) in [7, 11) is -1.68.